The monoisotopic (exact) mass is 345 g/mol. The van der Waals surface area contributed by atoms with Crippen LogP contribution in [0, 0.1) is 18.6 Å². The lowest BCUT2D eigenvalue weighted by atomic mass is 10.2. The molecule has 2 atom stereocenters. The fourth-order valence-corrected chi connectivity index (χ4v) is 3.24. The van der Waals surface area contributed by atoms with Crippen LogP contribution in [0.25, 0.3) is 5.65 Å². The van der Waals surface area contributed by atoms with E-state index in [1.54, 1.807) is 10.7 Å². The predicted molar refractivity (Wildman–Crippen MR) is 87.6 cm³/mol. The minimum Gasteiger partial charge on any atom is -0.488 e. The molecule has 2 aromatic heterocycles. The summed E-state index contributed by atoms with van der Waals surface area (Å²) in [6.45, 7) is 1.87. The molecule has 2 heterocycles. The van der Waals surface area contributed by atoms with Gasteiger partial charge in [-0.15, -0.1) is 10.2 Å². The zero-order valence-electron chi connectivity index (χ0n) is 13.6. The van der Waals surface area contributed by atoms with Gasteiger partial charge in [-0.3, -0.25) is 4.40 Å². The van der Waals surface area contributed by atoms with Crippen LogP contribution in [0.3, 0.4) is 0 Å². The van der Waals surface area contributed by atoms with Crippen LogP contribution >= 0.6 is 0 Å². The van der Waals surface area contributed by atoms with E-state index in [1.165, 1.54) is 12.1 Å². The Morgan fingerprint density at radius 2 is 1.96 bits per heavy atom. The minimum absolute atomic E-state index is 0.00333. The maximum absolute atomic E-state index is 13.3. The zero-order valence-corrected chi connectivity index (χ0v) is 13.6. The molecule has 1 aliphatic rings. The van der Waals surface area contributed by atoms with Crippen LogP contribution in [-0.4, -0.2) is 31.7 Å². The number of aromatic nitrogens is 4. The first kappa shape index (κ1) is 15.7. The molecule has 25 heavy (non-hydrogen) atoms. The highest BCUT2D eigenvalue weighted by atomic mass is 19.1. The number of fused-ring (bicyclic) bond motifs is 1. The number of rotatable bonds is 4. The largest absolute Gasteiger partial charge is 0.488 e. The summed E-state index contributed by atoms with van der Waals surface area (Å²) in [4.78, 5) is 4.50. The Kier molecular flexibility index (Phi) is 3.95. The van der Waals surface area contributed by atoms with Gasteiger partial charge in [-0.05, 0) is 26.2 Å². The maximum Gasteiger partial charge on any atom is 0.165 e. The molecule has 1 N–H and O–H groups in total. The maximum atomic E-state index is 13.3. The van der Waals surface area contributed by atoms with Crippen LogP contribution < -0.4 is 10.1 Å². The van der Waals surface area contributed by atoms with E-state index in [0.717, 1.165) is 31.2 Å². The molecule has 0 spiro atoms. The first-order chi connectivity index (χ1) is 12.1. The first-order valence-electron chi connectivity index (χ1n) is 8.15. The number of halogens is 2. The van der Waals surface area contributed by atoms with Gasteiger partial charge >= 0.3 is 0 Å². The van der Waals surface area contributed by atoms with Crippen LogP contribution in [0.4, 0.5) is 14.6 Å². The minimum atomic E-state index is -0.646. The van der Waals surface area contributed by atoms with Crippen molar-refractivity contribution >= 4 is 11.5 Å². The average molecular weight is 345 g/mol. The normalized spacial score (nSPS) is 20.1. The van der Waals surface area contributed by atoms with E-state index >= 15 is 0 Å². The lowest BCUT2D eigenvalue weighted by molar-refractivity contribution is 0.196. The Labute approximate surface area is 142 Å². The molecular weight excluding hydrogens is 328 g/mol. The highest BCUT2D eigenvalue weighted by Crippen LogP contribution is 2.28. The SMILES string of the molecule is Cc1nc(N[C@H]2CCC[C@H]2Oc2cc(F)cc(F)c2)cc2nncn12. The summed E-state index contributed by atoms with van der Waals surface area (Å²) in [6, 6.07) is 5.05. The summed E-state index contributed by atoms with van der Waals surface area (Å²) >= 11 is 0. The van der Waals surface area contributed by atoms with Crippen molar-refractivity contribution in [3.05, 3.63) is 48.1 Å². The van der Waals surface area contributed by atoms with E-state index in [4.69, 9.17) is 4.74 Å². The van der Waals surface area contributed by atoms with Gasteiger partial charge in [0, 0.05) is 24.3 Å². The highest BCUT2D eigenvalue weighted by molar-refractivity contribution is 5.50. The van der Waals surface area contributed by atoms with E-state index in [0.29, 0.717) is 11.5 Å². The first-order valence-corrected chi connectivity index (χ1v) is 8.15. The molecule has 0 radical (unpaired) electrons. The number of anilines is 1. The molecule has 1 aromatic carbocycles. The smallest absolute Gasteiger partial charge is 0.165 e. The van der Waals surface area contributed by atoms with Crippen molar-refractivity contribution in [2.75, 3.05) is 5.32 Å². The Bertz CT molecular complexity index is 893. The topological polar surface area (TPSA) is 64.3 Å². The van der Waals surface area contributed by atoms with Gasteiger partial charge < -0.3 is 10.1 Å². The summed E-state index contributed by atoms with van der Waals surface area (Å²) in [5.74, 6) is 0.365. The lowest BCUT2D eigenvalue weighted by Gasteiger charge is -2.23. The fraction of sp³-hybridized carbons (Fsp3) is 0.353. The molecule has 130 valence electrons. The molecule has 0 unspecified atom stereocenters. The molecule has 0 aliphatic heterocycles. The van der Waals surface area contributed by atoms with Crippen LogP contribution in [-0.2, 0) is 0 Å². The van der Waals surface area contributed by atoms with Crippen LogP contribution in [0.5, 0.6) is 5.75 Å². The summed E-state index contributed by atoms with van der Waals surface area (Å²) in [5, 5.41) is 11.3. The van der Waals surface area contributed by atoms with Gasteiger partial charge in [0.2, 0.25) is 0 Å². The lowest BCUT2D eigenvalue weighted by Crippen LogP contribution is -2.33. The number of aryl methyl sites for hydroxylation is 1. The summed E-state index contributed by atoms with van der Waals surface area (Å²) in [5.41, 5.74) is 0.706. The van der Waals surface area contributed by atoms with E-state index in [9.17, 15) is 8.78 Å². The van der Waals surface area contributed by atoms with Crippen molar-refractivity contribution in [2.24, 2.45) is 0 Å². The number of nitrogens with one attached hydrogen (secondary N) is 1. The standard InChI is InChI=1S/C17H17F2N5O/c1-10-21-16(8-17-23-20-9-24(10)17)22-14-3-2-4-15(14)25-13-6-11(18)5-12(19)7-13/h5-9,14-15,22H,2-4H2,1H3/t14-,15+/m0/s1. The van der Waals surface area contributed by atoms with Gasteiger partial charge in [-0.1, -0.05) is 0 Å². The van der Waals surface area contributed by atoms with Gasteiger partial charge in [0.05, 0.1) is 6.04 Å². The van der Waals surface area contributed by atoms with Crippen molar-refractivity contribution in [1.82, 2.24) is 19.6 Å². The van der Waals surface area contributed by atoms with E-state index in [1.807, 2.05) is 13.0 Å². The molecule has 0 saturated heterocycles. The molecule has 3 aromatic rings. The number of nitrogens with zero attached hydrogens (tertiary/aromatic N) is 4. The highest BCUT2D eigenvalue weighted by Gasteiger charge is 2.29. The molecule has 0 amide bonds. The van der Waals surface area contributed by atoms with Crippen LogP contribution in [0.1, 0.15) is 25.1 Å². The predicted octanol–water partition coefficient (Wildman–Crippen LogP) is 3.12. The second-order valence-corrected chi connectivity index (χ2v) is 6.19. The van der Waals surface area contributed by atoms with Crippen molar-refractivity contribution < 1.29 is 13.5 Å². The molecule has 6 nitrogen and oxygen atoms in total. The average Bonchev–Trinajstić information content (AvgIpc) is 3.16. The third-order valence-corrected chi connectivity index (χ3v) is 4.38. The van der Waals surface area contributed by atoms with Gasteiger partial charge in [-0.2, -0.15) is 0 Å². The van der Waals surface area contributed by atoms with Crippen molar-refractivity contribution in [3.8, 4) is 5.75 Å². The van der Waals surface area contributed by atoms with Gasteiger partial charge in [0.1, 0.15) is 41.5 Å². The van der Waals surface area contributed by atoms with Gasteiger partial charge in [-0.25, -0.2) is 13.8 Å². The second-order valence-electron chi connectivity index (χ2n) is 6.19. The number of ether oxygens (including phenoxy) is 1. The molecule has 4 rings (SSSR count). The molecule has 0 bridgehead atoms. The number of benzene rings is 1. The summed E-state index contributed by atoms with van der Waals surface area (Å²) in [6.07, 6.45) is 4.09. The van der Waals surface area contributed by atoms with Crippen molar-refractivity contribution in [3.63, 3.8) is 0 Å². The Morgan fingerprint density at radius 1 is 1.16 bits per heavy atom. The van der Waals surface area contributed by atoms with Crippen molar-refractivity contribution in [1.29, 1.82) is 0 Å². The Balaban J connectivity index is 1.52. The van der Waals surface area contributed by atoms with Crippen LogP contribution in [0.15, 0.2) is 30.6 Å². The van der Waals surface area contributed by atoms with Crippen molar-refractivity contribution in [2.45, 2.75) is 38.3 Å². The van der Waals surface area contributed by atoms with Crippen LogP contribution in [0.2, 0.25) is 0 Å². The Hall–Kier alpha value is -2.77. The molecule has 1 fully saturated rings. The van der Waals surface area contributed by atoms with E-state index < -0.39 is 11.6 Å². The fourth-order valence-electron chi connectivity index (χ4n) is 3.24. The summed E-state index contributed by atoms with van der Waals surface area (Å²) < 4.78 is 34.3. The van der Waals surface area contributed by atoms with Gasteiger partial charge in [0.25, 0.3) is 0 Å². The summed E-state index contributed by atoms with van der Waals surface area (Å²) in [7, 11) is 0. The number of hydrogen-bond acceptors (Lipinski definition) is 5. The number of hydrogen-bond donors (Lipinski definition) is 1. The quantitative estimate of drug-likeness (QED) is 0.787. The molecule has 1 saturated carbocycles. The second kappa shape index (κ2) is 6.27. The third kappa shape index (κ3) is 3.24. The molecule has 8 heteroatoms. The molecule has 1 aliphatic carbocycles. The van der Waals surface area contributed by atoms with E-state index in [2.05, 4.69) is 20.5 Å². The third-order valence-electron chi connectivity index (χ3n) is 4.38. The van der Waals surface area contributed by atoms with Gasteiger partial charge in [0.15, 0.2) is 5.65 Å². The molecular formula is C17H17F2N5O. The zero-order chi connectivity index (χ0) is 17.4. The van der Waals surface area contributed by atoms with E-state index in [-0.39, 0.29) is 17.9 Å². The Morgan fingerprint density at radius 3 is 2.76 bits per heavy atom.